The molecule has 0 aliphatic rings. The molecule has 4 aromatic rings. The zero-order chi connectivity index (χ0) is 18.8. The second-order valence-electron chi connectivity index (χ2n) is 6.20. The van der Waals surface area contributed by atoms with Gasteiger partial charge in [-0.15, -0.1) is 5.10 Å². The summed E-state index contributed by atoms with van der Waals surface area (Å²) in [5, 5.41) is 15.1. The summed E-state index contributed by atoms with van der Waals surface area (Å²) in [6, 6.07) is 10.8. The highest BCUT2D eigenvalue weighted by Crippen LogP contribution is 2.15. The first-order valence-corrected chi connectivity index (χ1v) is 8.60. The maximum Gasteiger partial charge on any atom is 0.251 e. The van der Waals surface area contributed by atoms with E-state index >= 15 is 0 Å². The SMILES string of the molecule is Cc1noc(C)c1CCNC(=O)c1ccc(-n2nnc3cccnc32)cc1. The third-order valence-corrected chi connectivity index (χ3v) is 4.42. The summed E-state index contributed by atoms with van der Waals surface area (Å²) >= 11 is 0. The van der Waals surface area contributed by atoms with E-state index in [1.54, 1.807) is 23.0 Å². The molecule has 27 heavy (non-hydrogen) atoms. The highest BCUT2D eigenvalue weighted by molar-refractivity contribution is 5.94. The van der Waals surface area contributed by atoms with Crippen molar-refractivity contribution in [2.45, 2.75) is 20.3 Å². The molecule has 0 fully saturated rings. The predicted molar refractivity (Wildman–Crippen MR) is 98.7 cm³/mol. The van der Waals surface area contributed by atoms with E-state index in [0.29, 0.717) is 24.2 Å². The van der Waals surface area contributed by atoms with Crippen LogP contribution in [0.3, 0.4) is 0 Å². The van der Waals surface area contributed by atoms with Crippen LogP contribution < -0.4 is 5.32 Å². The lowest BCUT2D eigenvalue weighted by molar-refractivity contribution is 0.0954. The van der Waals surface area contributed by atoms with Gasteiger partial charge in [0.1, 0.15) is 11.3 Å². The van der Waals surface area contributed by atoms with E-state index in [1.165, 1.54) is 0 Å². The fourth-order valence-electron chi connectivity index (χ4n) is 2.95. The van der Waals surface area contributed by atoms with E-state index < -0.39 is 0 Å². The Hall–Kier alpha value is -3.55. The van der Waals surface area contributed by atoms with Gasteiger partial charge in [-0.05, 0) is 56.7 Å². The van der Waals surface area contributed by atoms with Crippen LogP contribution in [0.5, 0.6) is 0 Å². The summed E-state index contributed by atoms with van der Waals surface area (Å²) in [6.45, 7) is 4.29. The summed E-state index contributed by atoms with van der Waals surface area (Å²) in [5.74, 6) is 0.662. The van der Waals surface area contributed by atoms with Crippen molar-refractivity contribution in [3.63, 3.8) is 0 Å². The topological polar surface area (TPSA) is 98.7 Å². The normalized spacial score (nSPS) is 11.0. The van der Waals surface area contributed by atoms with E-state index in [2.05, 4.69) is 25.8 Å². The number of amides is 1. The fourth-order valence-corrected chi connectivity index (χ4v) is 2.95. The molecule has 8 nitrogen and oxygen atoms in total. The molecular formula is C19H18N6O2. The number of carbonyl (C=O) groups is 1. The molecule has 0 spiro atoms. The van der Waals surface area contributed by atoms with Crippen LogP contribution in [-0.4, -0.2) is 37.6 Å². The van der Waals surface area contributed by atoms with Crippen molar-refractivity contribution >= 4 is 17.1 Å². The monoisotopic (exact) mass is 362 g/mol. The molecule has 8 heteroatoms. The minimum absolute atomic E-state index is 0.130. The standard InChI is InChI=1S/C19H18N6O2/c1-12-16(13(2)27-23-12)9-11-21-19(26)14-5-7-15(8-6-14)25-18-17(22-24-25)4-3-10-20-18/h3-8,10H,9,11H2,1-2H3,(H,21,26). The average Bonchev–Trinajstić information content (AvgIpc) is 3.26. The number of hydrogen-bond donors (Lipinski definition) is 1. The van der Waals surface area contributed by atoms with Crippen molar-refractivity contribution < 1.29 is 9.32 Å². The molecule has 136 valence electrons. The number of benzene rings is 1. The third-order valence-electron chi connectivity index (χ3n) is 4.42. The van der Waals surface area contributed by atoms with Crippen LogP contribution in [0.2, 0.25) is 0 Å². The summed E-state index contributed by atoms with van der Waals surface area (Å²) in [5.41, 5.74) is 4.67. The van der Waals surface area contributed by atoms with Gasteiger partial charge in [0.2, 0.25) is 0 Å². The number of nitrogens with one attached hydrogen (secondary N) is 1. The Labute approximate surface area is 155 Å². The lowest BCUT2D eigenvalue weighted by Crippen LogP contribution is -2.25. The number of carbonyl (C=O) groups excluding carboxylic acids is 1. The lowest BCUT2D eigenvalue weighted by atomic mass is 10.1. The summed E-state index contributed by atoms with van der Waals surface area (Å²) in [6.07, 6.45) is 2.38. The first-order valence-electron chi connectivity index (χ1n) is 8.60. The Morgan fingerprint density at radius 3 is 2.74 bits per heavy atom. The molecule has 1 aromatic carbocycles. The van der Waals surface area contributed by atoms with Gasteiger partial charge in [0, 0.05) is 23.9 Å². The number of aryl methyl sites for hydroxylation is 2. The van der Waals surface area contributed by atoms with Crippen molar-refractivity contribution in [3.05, 3.63) is 65.2 Å². The van der Waals surface area contributed by atoms with Gasteiger partial charge in [0.25, 0.3) is 5.91 Å². The number of rotatable bonds is 5. The molecule has 0 atom stereocenters. The van der Waals surface area contributed by atoms with Crippen molar-refractivity contribution in [2.75, 3.05) is 6.54 Å². The smallest absolute Gasteiger partial charge is 0.251 e. The molecule has 3 heterocycles. The van der Waals surface area contributed by atoms with Crippen molar-refractivity contribution in [1.82, 2.24) is 30.5 Å². The second-order valence-corrected chi connectivity index (χ2v) is 6.20. The lowest BCUT2D eigenvalue weighted by Gasteiger charge is -2.06. The number of pyridine rings is 1. The quantitative estimate of drug-likeness (QED) is 0.585. The van der Waals surface area contributed by atoms with E-state index in [-0.39, 0.29) is 5.91 Å². The molecule has 0 saturated heterocycles. The Morgan fingerprint density at radius 2 is 2.00 bits per heavy atom. The van der Waals surface area contributed by atoms with Crippen LogP contribution in [0.25, 0.3) is 16.9 Å². The van der Waals surface area contributed by atoms with Gasteiger partial charge in [0.05, 0.1) is 11.4 Å². The Morgan fingerprint density at radius 1 is 1.19 bits per heavy atom. The van der Waals surface area contributed by atoms with Gasteiger partial charge >= 0.3 is 0 Å². The maximum absolute atomic E-state index is 12.4. The molecule has 4 rings (SSSR count). The summed E-state index contributed by atoms with van der Waals surface area (Å²) in [4.78, 5) is 16.7. The predicted octanol–water partition coefficient (Wildman–Crippen LogP) is 2.39. The third kappa shape index (κ3) is 3.29. The molecule has 0 aliphatic carbocycles. The van der Waals surface area contributed by atoms with Gasteiger partial charge in [-0.25, -0.2) is 4.98 Å². The van der Waals surface area contributed by atoms with Crippen molar-refractivity contribution in [2.24, 2.45) is 0 Å². The van der Waals surface area contributed by atoms with Crippen LogP contribution in [0.1, 0.15) is 27.4 Å². The average molecular weight is 362 g/mol. The highest BCUT2D eigenvalue weighted by Gasteiger charge is 2.11. The Kier molecular flexibility index (Phi) is 4.37. The van der Waals surface area contributed by atoms with Crippen molar-refractivity contribution in [3.8, 4) is 5.69 Å². The van der Waals surface area contributed by atoms with Gasteiger partial charge < -0.3 is 9.84 Å². The molecule has 0 radical (unpaired) electrons. The second kappa shape index (κ2) is 6.99. The van der Waals surface area contributed by atoms with E-state index in [9.17, 15) is 4.79 Å². The molecular weight excluding hydrogens is 344 g/mol. The fraction of sp³-hybridized carbons (Fsp3) is 0.211. The van der Waals surface area contributed by atoms with Crippen LogP contribution in [0.15, 0.2) is 47.1 Å². The summed E-state index contributed by atoms with van der Waals surface area (Å²) < 4.78 is 6.78. The minimum Gasteiger partial charge on any atom is -0.361 e. The maximum atomic E-state index is 12.4. The number of hydrogen-bond acceptors (Lipinski definition) is 6. The molecule has 0 saturated carbocycles. The van der Waals surface area contributed by atoms with Gasteiger partial charge in [-0.3, -0.25) is 4.79 Å². The van der Waals surface area contributed by atoms with Crippen LogP contribution in [0, 0.1) is 13.8 Å². The molecule has 3 aromatic heterocycles. The van der Waals surface area contributed by atoms with E-state index in [0.717, 1.165) is 28.2 Å². The number of aromatic nitrogens is 5. The van der Waals surface area contributed by atoms with Gasteiger partial charge in [-0.2, -0.15) is 4.68 Å². The van der Waals surface area contributed by atoms with Crippen LogP contribution in [-0.2, 0) is 6.42 Å². The molecule has 0 unspecified atom stereocenters. The van der Waals surface area contributed by atoms with Gasteiger partial charge in [-0.1, -0.05) is 10.4 Å². The zero-order valence-corrected chi connectivity index (χ0v) is 15.0. The van der Waals surface area contributed by atoms with Crippen molar-refractivity contribution in [1.29, 1.82) is 0 Å². The summed E-state index contributed by atoms with van der Waals surface area (Å²) in [7, 11) is 0. The Balaban J connectivity index is 1.43. The first-order chi connectivity index (χ1) is 13.1. The van der Waals surface area contributed by atoms with Gasteiger partial charge in [0.15, 0.2) is 5.65 Å². The number of nitrogens with zero attached hydrogens (tertiary/aromatic N) is 5. The molecule has 1 N–H and O–H groups in total. The largest absolute Gasteiger partial charge is 0.361 e. The Bertz CT molecular complexity index is 1080. The first kappa shape index (κ1) is 16.9. The molecule has 1 amide bonds. The molecule has 0 aliphatic heterocycles. The minimum atomic E-state index is -0.130. The van der Waals surface area contributed by atoms with Crippen LogP contribution >= 0.6 is 0 Å². The van der Waals surface area contributed by atoms with E-state index in [4.69, 9.17) is 4.52 Å². The van der Waals surface area contributed by atoms with E-state index in [1.807, 2.05) is 38.1 Å². The highest BCUT2D eigenvalue weighted by atomic mass is 16.5. The molecule has 0 bridgehead atoms. The zero-order valence-electron chi connectivity index (χ0n) is 15.0. The van der Waals surface area contributed by atoms with Crippen LogP contribution in [0.4, 0.5) is 0 Å². The number of fused-ring (bicyclic) bond motifs is 1.